The number of aromatic nitrogens is 1. The molecule has 1 N–H and O–H groups in total. The number of fused-ring (bicyclic) bond motifs is 1. The zero-order chi connectivity index (χ0) is 22.9. The molecule has 7 nitrogen and oxygen atoms in total. The van der Waals surface area contributed by atoms with Gasteiger partial charge in [0.1, 0.15) is 10.7 Å². The van der Waals surface area contributed by atoms with Crippen LogP contribution in [0.1, 0.15) is 16.7 Å². The highest BCUT2D eigenvalue weighted by atomic mass is 32.2. The Morgan fingerprint density at radius 2 is 1.94 bits per heavy atom. The third kappa shape index (κ3) is 4.61. The van der Waals surface area contributed by atoms with Crippen molar-refractivity contribution in [3.05, 3.63) is 75.3 Å². The van der Waals surface area contributed by atoms with Gasteiger partial charge in [-0.05, 0) is 49.2 Å². The molecular weight excluding hydrogens is 435 g/mol. The van der Waals surface area contributed by atoms with Crippen molar-refractivity contribution in [3.63, 3.8) is 0 Å². The Balaban J connectivity index is 1.76. The Kier molecular flexibility index (Phi) is 6.43. The number of pyridine rings is 1. The fourth-order valence-electron chi connectivity index (χ4n) is 3.93. The van der Waals surface area contributed by atoms with Crippen LogP contribution in [0.25, 0.3) is 10.9 Å². The normalized spacial score (nSPS) is 17.2. The molecule has 0 bridgehead atoms. The predicted octanol–water partition coefficient (Wildman–Crippen LogP) is 2.89. The molecule has 0 amide bonds. The molecule has 0 spiro atoms. The highest BCUT2D eigenvalue weighted by Crippen LogP contribution is 2.24. The maximum absolute atomic E-state index is 14.4. The second-order valence-electron chi connectivity index (χ2n) is 7.96. The monoisotopic (exact) mass is 460 g/mol. The zero-order valence-electron chi connectivity index (χ0n) is 17.9. The van der Waals surface area contributed by atoms with E-state index in [-0.39, 0.29) is 25.3 Å². The number of ether oxygens (including phenoxy) is 2. The third-order valence-corrected chi connectivity index (χ3v) is 7.33. The van der Waals surface area contributed by atoms with Crippen molar-refractivity contribution in [1.82, 2.24) is 9.29 Å². The minimum absolute atomic E-state index is 0.0684. The van der Waals surface area contributed by atoms with Gasteiger partial charge < -0.3 is 14.5 Å². The van der Waals surface area contributed by atoms with E-state index in [1.807, 2.05) is 26.0 Å². The summed E-state index contributed by atoms with van der Waals surface area (Å²) in [5, 5.41) is 0.825. The Hall–Kier alpha value is -2.59. The number of benzene rings is 2. The first-order valence-corrected chi connectivity index (χ1v) is 11.8. The van der Waals surface area contributed by atoms with E-state index < -0.39 is 32.4 Å². The second-order valence-corrected chi connectivity index (χ2v) is 9.87. The van der Waals surface area contributed by atoms with Crippen LogP contribution < -0.4 is 5.56 Å². The van der Waals surface area contributed by atoms with E-state index in [0.717, 1.165) is 26.9 Å². The van der Waals surface area contributed by atoms with Crippen molar-refractivity contribution in [2.75, 3.05) is 26.4 Å². The molecule has 0 aliphatic carbocycles. The van der Waals surface area contributed by atoms with Crippen LogP contribution in [-0.4, -0.2) is 50.2 Å². The lowest BCUT2D eigenvalue weighted by Crippen LogP contribution is -2.43. The summed E-state index contributed by atoms with van der Waals surface area (Å²) in [7, 11) is -4.25. The van der Waals surface area contributed by atoms with Crippen LogP contribution >= 0.6 is 0 Å². The molecule has 170 valence electrons. The summed E-state index contributed by atoms with van der Waals surface area (Å²) in [6, 6.07) is 10.8. The lowest BCUT2D eigenvalue weighted by atomic mass is 10.0. The Bertz CT molecular complexity index is 1300. The zero-order valence-corrected chi connectivity index (χ0v) is 18.7. The van der Waals surface area contributed by atoms with Crippen LogP contribution in [0.3, 0.4) is 0 Å². The van der Waals surface area contributed by atoms with E-state index >= 15 is 0 Å². The molecule has 0 saturated carbocycles. The molecule has 0 radical (unpaired) electrons. The average molecular weight is 461 g/mol. The van der Waals surface area contributed by atoms with Crippen molar-refractivity contribution < 1.29 is 22.3 Å². The van der Waals surface area contributed by atoms with Gasteiger partial charge in [0.2, 0.25) is 10.0 Å². The van der Waals surface area contributed by atoms with Gasteiger partial charge in [-0.25, -0.2) is 12.8 Å². The van der Waals surface area contributed by atoms with Crippen molar-refractivity contribution in [3.8, 4) is 0 Å². The van der Waals surface area contributed by atoms with E-state index in [0.29, 0.717) is 18.7 Å². The van der Waals surface area contributed by atoms with E-state index in [1.54, 1.807) is 6.07 Å². The number of H-pyrrole nitrogens is 1. The molecule has 1 atom stereocenters. The fraction of sp³-hybridized carbons (Fsp3) is 0.348. The summed E-state index contributed by atoms with van der Waals surface area (Å²) in [6.07, 6.45) is -0.519. The summed E-state index contributed by atoms with van der Waals surface area (Å²) < 4.78 is 53.3. The van der Waals surface area contributed by atoms with E-state index in [4.69, 9.17) is 9.47 Å². The SMILES string of the molecule is Cc1cc(C)c2cc(CN(C[C@H]3COCCO3)S(=O)(=O)c3ccccc3F)c(=O)[nH]c2c1. The predicted molar refractivity (Wildman–Crippen MR) is 119 cm³/mol. The number of hydrogen-bond acceptors (Lipinski definition) is 5. The molecule has 1 saturated heterocycles. The number of sulfonamides is 1. The molecule has 1 aliphatic rings. The van der Waals surface area contributed by atoms with Crippen LogP contribution in [0.4, 0.5) is 4.39 Å². The van der Waals surface area contributed by atoms with Crippen LogP contribution in [0.5, 0.6) is 0 Å². The lowest BCUT2D eigenvalue weighted by molar-refractivity contribution is -0.0923. The number of nitrogens with zero attached hydrogens (tertiary/aromatic N) is 1. The van der Waals surface area contributed by atoms with Crippen molar-refractivity contribution >= 4 is 20.9 Å². The molecule has 0 unspecified atom stereocenters. The number of nitrogens with one attached hydrogen (secondary N) is 1. The molecule has 1 fully saturated rings. The highest BCUT2D eigenvalue weighted by molar-refractivity contribution is 7.89. The molecule has 2 aromatic carbocycles. The largest absolute Gasteiger partial charge is 0.376 e. The number of rotatable bonds is 6. The van der Waals surface area contributed by atoms with Gasteiger partial charge in [0, 0.05) is 29.6 Å². The summed E-state index contributed by atoms with van der Waals surface area (Å²) >= 11 is 0. The standard InChI is InChI=1S/C23H25FN2O5S/c1-15-9-16(2)19-11-17(23(27)25-21(19)10-15)12-26(13-18-14-30-7-8-31-18)32(28,29)22-6-4-3-5-20(22)24/h3-6,9-11,18H,7-8,12-14H2,1-2H3,(H,25,27)/t18-/m0/s1. The summed E-state index contributed by atoms with van der Waals surface area (Å²) in [5.41, 5.74) is 2.53. The molecule has 3 aromatic rings. The molecule has 4 rings (SSSR count). The number of aryl methyl sites for hydroxylation is 2. The van der Waals surface area contributed by atoms with Gasteiger partial charge in [0.05, 0.1) is 25.9 Å². The second kappa shape index (κ2) is 9.11. The van der Waals surface area contributed by atoms with Crippen LogP contribution in [0.2, 0.25) is 0 Å². The molecule has 32 heavy (non-hydrogen) atoms. The molecular formula is C23H25FN2O5S. The van der Waals surface area contributed by atoms with Gasteiger partial charge in [-0.1, -0.05) is 18.2 Å². The highest BCUT2D eigenvalue weighted by Gasteiger charge is 2.31. The quantitative estimate of drug-likeness (QED) is 0.611. The molecule has 1 aliphatic heterocycles. The lowest BCUT2D eigenvalue weighted by Gasteiger charge is -2.29. The minimum Gasteiger partial charge on any atom is -0.376 e. The van der Waals surface area contributed by atoms with Gasteiger partial charge in [-0.3, -0.25) is 4.79 Å². The summed E-state index contributed by atoms with van der Waals surface area (Å²) in [5.74, 6) is -0.850. The van der Waals surface area contributed by atoms with Crippen molar-refractivity contribution in [2.45, 2.75) is 31.4 Å². The maximum atomic E-state index is 14.4. The third-order valence-electron chi connectivity index (χ3n) is 5.48. The Labute approximate surface area is 185 Å². The van der Waals surface area contributed by atoms with Crippen molar-refractivity contribution in [2.24, 2.45) is 0 Å². The summed E-state index contributed by atoms with van der Waals surface area (Å²) in [4.78, 5) is 15.2. The van der Waals surface area contributed by atoms with E-state index in [2.05, 4.69) is 4.98 Å². The average Bonchev–Trinajstić information content (AvgIpc) is 2.75. The summed E-state index contributed by atoms with van der Waals surface area (Å²) in [6.45, 7) is 4.56. The van der Waals surface area contributed by atoms with Crippen LogP contribution in [0.15, 0.2) is 52.2 Å². The minimum atomic E-state index is -4.25. The first kappa shape index (κ1) is 22.6. The molecule has 2 heterocycles. The number of aromatic amines is 1. The topological polar surface area (TPSA) is 88.7 Å². The number of halogens is 1. The molecule has 9 heteroatoms. The first-order chi connectivity index (χ1) is 15.3. The van der Waals surface area contributed by atoms with Gasteiger partial charge in [0.25, 0.3) is 5.56 Å². The molecule has 1 aromatic heterocycles. The Morgan fingerprint density at radius 3 is 2.66 bits per heavy atom. The van der Waals surface area contributed by atoms with Gasteiger partial charge in [0.15, 0.2) is 0 Å². The smallest absolute Gasteiger partial charge is 0.252 e. The van der Waals surface area contributed by atoms with E-state index in [9.17, 15) is 17.6 Å². The first-order valence-electron chi connectivity index (χ1n) is 10.3. The van der Waals surface area contributed by atoms with Crippen molar-refractivity contribution in [1.29, 1.82) is 0 Å². The van der Waals surface area contributed by atoms with E-state index in [1.165, 1.54) is 18.2 Å². The number of hydrogen-bond donors (Lipinski definition) is 1. The van der Waals surface area contributed by atoms with Gasteiger partial charge >= 0.3 is 0 Å². The van der Waals surface area contributed by atoms with Crippen LogP contribution in [0, 0.1) is 19.7 Å². The fourth-order valence-corrected chi connectivity index (χ4v) is 5.45. The Morgan fingerprint density at radius 1 is 1.16 bits per heavy atom. The maximum Gasteiger partial charge on any atom is 0.252 e. The van der Waals surface area contributed by atoms with Crippen LogP contribution in [-0.2, 0) is 26.0 Å². The van der Waals surface area contributed by atoms with Gasteiger partial charge in [-0.2, -0.15) is 4.31 Å². The van der Waals surface area contributed by atoms with Gasteiger partial charge in [-0.15, -0.1) is 0 Å².